The van der Waals surface area contributed by atoms with Crippen LogP contribution in [0.5, 0.6) is 0 Å². The molecule has 1 aromatic heterocycles. The molecule has 4 heteroatoms. The summed E-state index contributed by atoms with van der Waals surface area (Å²) in [5, 5.41) is 2.89. The number of hydrogen-bond acceptors (Lipinski definition) is 3. The maximum Gasteiger partial charge on any atom is 0.226 e. The molecule has 0 saturated heterocycles. The van der Waals surface area contributed by atoms with Crippen molar-refractivity contribution in [2.75, 3.05) is 6.54 Å². The minimum atomic E-state index is -0.00554. The van der Waals surface area contributed by atoms with Gasteiger partial charge in [-0.1, -0.05) is 38.0 Å². The minimum Gasteiger partial charge on any atom is -0.444 e. The molecule has 2 rings (SSSR count). The largest absolute Gasteiger partial charge is 0.444 e. The molecule has 4 nitrogen and oxygen atoms in total. The number of carbonyl (C=O) groups excluding carboxylic acids is 1. The van der Waals surface area contributed by atoms with Gasteiger partial charge in [0.1, 0.15) is 6.26 Å². The lowest BCUT2D eigenvalue weighted by atomic mass is 10.2. The lowest BCUT2D eigenvalue weighted by Crippen LogP contribution is -2.26. The number of hydrogen-bond donors (Lipinski definition) is 1. The molecule has 0 fully saturated rings. The highest BCUT2D eigenvalue weighted by Gasteiger charge is 2.09. The first-order chi connectivity index (χ1) is 9.79. The maximum atomic E-state index is 11.7. The minimum absolute atomic E-state index is 0.00554. The van der Waals surface area contributed by atoms with Crippen molar-refractivity contribution >= 4 is 5.91 Å². The SMILES string of the molecule is CCCCCNC(=O)Cc1coc(-c2ccccc2)n1. The predicted octanol–water partition coefficient (Wildman–Crippen LogP) is 3.19. The molecule has 0 aliphatic carbocycles. The molecule has 0 atom stereocenters. The summed E-state index contributed by atoms with van der Waals surface area (Å²) in [5.74, 6) is 0.549. The highest BCUT2D eigenvalue weighted by atomic mass is 16.3. The zero-order valence-corrected chi connectivity index (χ0v) is 11.8. The van der Waals surface area contributed by atoms with Gasteiger partial charge in [-0.3, -0.25) is 4.79 Å². The van der Waals surface area contributed by atoms with Crippen molar-refractivity contribution in [3.63, 3.8) is 0 Å². The number of rotatable bonds is 7. The molecule has 0 aliphatic rings. The molecule has 0 spiro atoms. The monoisotopic (exact) mass is 272 g/mol. The van der Waals surface area contributed by atoms with Crippen LogP contribution in [-0.2, 0) is 11.2 Å². The van der Waals surface area contributed by atoms with Gasteiger partial charge >= 0.3 is 0 Å². The molecule has 0 radical (unpaired) electrons. The van der Waals surface area contributed by atoms with Gasteiger partial charge in [0.05, 0.1) is 12.1 Å². The third-order valence-electron chi connectivity index (χ3n) is 3.02. The lowest BCUT2D eigenvalue weighted by molar-refractivity contribution is -0.120. The summed E-state index contributed by atoms with van der Waals surface area (Å²) in [4.78, 5) is 16.1. The van der Waals surface area contributed by atoms with E-state index in [2.05, 4.69) is 17.2 Å². The van der Waals surface area contributed by atoms with Gasteiger partial charge < -0.3 is 9.73 Å². The number of unbranched alkanes of at least 4 members (excludes halogenated alkanes) is 2. The number of oxazole rings is 1. The van der Waals surface area contributed by atoms with E-state index in [0.717, 1.165) is 31.4 Å². The molecule has 106 valence electrons. The number of benzene rings is 1. The molecule has 1 N–H and O–H groups in total. The zero-order valence-electron chi connectivity index (χ0n) is 11.8. The number of nitrogens with one attached hydrogen (secondary N) is 1. The standard InChI is InChI=1S/C16H20N2O2/c1-2-3-7-10-17-15(19)11-14-12-20-16(18-14)13-8-5-4-6-9-13/h4-6,8-9,12H,2-3,7,10-11H2,1H3,(H,17,19). The second-order valence-corrected chi connectivity index (χ2v) is 4.74. The summed E-state index contributed by atoms with van der Waals surface area (Å²) < 4.78 is 5.40. The van der Waals surface area contributed by atoms with Crippen LogP contribution in [0.15, 0.2) is 41.0 Å². The summed E-state index contributed by atoms with van der Waals surface area (Å²) in [6.45, 7) is 2.87. The Kier molecular flexibility index (Phi) is 5.35. The summed E-state index contributed by atoms with van der Waals surface area (Å²) >= 11 is 0. The third-order valence-corrected chi connectivity index (χ3v) is 3.02. The first kappa shape index (κ1) is 14.3. The van der Waals surface area contributed by atoms with Crippen molar-refractivity contribution < 1.29 is 9.21 Å². The molecule has 1 aromatic carbocycles. The van der Waals surface area contributed by atoms with Crippen molar-refractivity contribution in [2.45, 2.75) is 32.6 Å². The Morgan fingerprint density at radius 2 is 2.05 bits per heavy atom. The fraction of sp³-hybridized carbons (Fsp3) is 0.375. The van der Waals surface area contributed by atoms with Crippen molar-refractivity contribution in [3.8, 4) is 11.5 Å². The van der Waals surface area contributed by atoms with E-state index >= 15 is 0 Å². The van der Waals surface area contributed by atoms with Crippen molar-refractivity contribution in [2.24, 2.45) is 0 Å². The topological polar surface area (TPSA) is 55.1 Å². The highest BCUT2D eigenvalue weighted by Crippen LogP contribution is 2.17. The molecule has 0 unspecified atom stereocenters. The summed E-state index contributed by atoms with van der Waals surface area (Å²) in [6.07, 6.45) is 5.13. The predicted molar refractivity (Wildman–Crippen MR) is 78.2 cm³/mol. The van der Waals surface area contributed by atoms with Crippen LogP contribution in [0.4, 0.5) is 0 Å². The molecule has 0 saturated carbocycles. The zero-order chi connectivity index (χ0) is 14.2. The van der Waals surface area contributed by atoms with E-state index in [9.17, 15) is 4.79 Å². The van der Waals surface area contributed by atoms with E-state index in [1.165, 1.54) is 0 Å². The van der Waals surface area contributed by atoms with Gasteiger partial charge in [-0.25, -0.2) is 4.98 Å². The van der Waals surface area contributed by atoms with Crippen LogP contribution in [0.3, 0.4) is 0 Å². The van der Waals surface area contributed by atoms with E-state index in [4.69, 9.17) is 4.42 Å². The van der Waals surface area contributed by atoms with E-state index in [-0.39, 0.29) is 12.3 Å². The Balaban J connectivity index is 1.85. The van der Waals surface area contributed by atoms with Crippen molar-refractivity contribution in [1.29, 1.82) is 0 Å². The van der Waals surface area contributed by atoms with E-state index in [1.807, 2.05) is 30.3 Å². The average Bonchev–Trinajstić information content (AvgIpc) is 2.93. The second kappa shape index (κ2) is 7.48. The lowest BCUT2D eigenvalue weighted by Gasteiger charge is -2.02. The van der Waals surface area contributed by atoms with Crippen LogP contribution in [0.25, 0.3) is 11.5 Å². The Bertz CT molecular complexity index is 534. The van der Waals surface area contributed by atoms with Crippen molar-refractivity contribution in [1.82, 2.24) is 10.3 Å². The molecule has 1 amide bonds. The van der Waals surface area contributed by atoms with Gasteiger partial charge in [-0.2, -0.15) is 0 Å². The van der Waals surface area contributed by atoms with E-state index in [0.29, 0.717) is 11.6 Å². The molecule has 0 aliphatic heterocycles. The van der Waals surface area contributed by atoms with Crippen LogP contribution >= 0.6 is 0 Å². The fourth-order valence-corrected chi connectivity index (χ4v) is 1.93. The molecule has 2 aromatic rings. The first-order valence-electron chi connectivity index (χ1n) is 7.06. The number of aromatic nitrogens is 1. The number of amides is 1. The quantitative estimate of drug-likeness (QED) is 0.787. The molecular weight excluding hydrogens is 252 g/mol. The fourth-order valence-electron chi connectivity index (χ4n) is 1.93. The molecule has 1 heterocycles. The van der Waals surface area contributed by atoms with E-state index in [1.54, 1.807) is 6.26 Å². The van der Waals surface area contributed by atoms with Gasteiger partial charge in [0.2, 0.25) is 11.8 Å². The smallest absolute Gasteiger partial charge is 0.226 e. The Hall–Kier alpha value is -2.10. The normalized spacial score (nSPS) is 10.4. The maximum absolute atomic E-state index is 11.7. The summed E-state index contributed by atoms with van der Waals surface area (Å²) in [5.41, 5.74) is 1.58. The summed E-state index contributed by atoms with van der Waals surface area (Å²) in [6, 6.07) is 9.66. The number of nitrogens with zero attached hydrogens (tertiary/aromatic N) is 1. The summed E-state index contributed by atoms with van der Waals surface area (Å²) in [7, 11) is 0. The Morgan fingerprint density at radius 3 is 2.80 bits per heavy atom. The third kappa shape index (κ3) is 4.23. The van der Waals surface area contributed by atoms with Crippen LogP contribution < -0.4 is 5.32 Å². The van der Waals surface area contributed by atoms with Gasteiger partial charge in [0, 0.05) is 12.1 Å². The van der Waals surface area contributed by atoms with Crippen LogP contribution in [0.1, 0.15) is 31.9 Å². The Morgan fingerprint density at radius 1 is 1.25 bits per heavy atom. The second-order valence-electron chi connectivity index (χ2n) is 4.74. The van der Waals surface area contributed by atoms with Crippen LogP contribution in [0, 0.1) is 0 Å². The Labute approximate surface area is 119 Å². The molecule has 0 bridgehead atoms. The molecular formula is C16H20N2O2. The highest BCUT2D eigenvalue weighted by molar-refractivity contribution is 5.78. The van der Waals surface area contributed by atoms with Gasteiger partial charge in [0.25, 0.3) is 0 Å². The number of carbonyl (C=O) groups is 1. The average molecular weight is 272 g/mol. The van der Waals surface area contributed by atoms with E-state index < -0.39 is 0 Å². The first-order valence-corrected chi connectivity index (χ1v) is 7.06. The van der Waals surface area contributed by atoms with Gasteiger partial charge in [-0.15, -0.1) is 0 Å². The molecule has 20 heavy (non-hydrogen) atoms. The van der Waals surface area contributed by atoms with Crippen LogP contribution in [-0.4, -0.2) is 17.4 Å². The van der Waals surface area contributed by atoms with Gasteiger partial charge in [-0.05, 0) is 18.6 Å². The van der Waals surface area contributed by atoms with Gasteiger partial charge in [0.15, 0.2) is 0 Å². The van der Waals surface area contributed by atoms with Crippen LogP contribution in [0.2, 0.25) is 0 Å². The van der Waals surface area contributed by atoms with Crippen molar-refractivity contribution in [3.05, 3.63) is 42.3 Å².